The van der Waals surface area contributed by atoms with Crippen molar-refractivity contribution in [2.45, 2.75) is 11.1 Å². The summed E-state index contributed by atoms with van der Waals surface area (Å²) in [6.45, 7) is 2.20. The number of likely N-dealkylation sites (N-methyl/N-ethyl adjacent to an activating group) is 1. The van der Waals surface area contributed by atoms with E-state index in [2.05, 4.69) is 0 Å². The first-order valence-electron chi connectivity index (χ1n) is 4.30. The zero-order chi connectivity index (χ0) is 11.5. The zero-order valence-electron chi connectivity index (χ0n) is 8.21. The van der Waals surface area contributed by atoms with Gasteiger partial charge in [0, 0.05) is 6.54 Å². The van der Waals surface area contributed by atoms with E-state index in [4.69, 9.17) is 18.0 Å². The summed E-state index contributed by atoms with van der Waals surface area (Å²) >= 11 is 5.90. The van der Waals surface area contributed by atoms with Gasteiger partial charge >= 0.3 is 0 Å². The predicted molar refractivity (Wildman–Crippen MR) is 65.5 cm³/mol. The minimum Gasteiger partial charge on any atom is -0.392 e. The molecule has 0 bridgehead atoms. The fourth-order valence-corrected chi connectivity index (χ4v) is 3.89. The molecule has 0 aliphatic rings. The van der Waals surface area contributed by atoms with Crippen molar-refractivity contribution in [2.24, 2.45) is 5.73 Å². The lowest BCUT2D eigenvalue weighted by Crippen LogP contribution is -2.37. The van der Waals surface area contributed by atoms with Gasteiger partial charge in [-0.05, 0) is 11.4 Å². The van der Waals surface area contributed by atoms with Gasteiger partial charge in [0.15, 0.2) is 0 Å². The number of thiocarbonyl (C=S) groups is 1. The second-order valence-electron chi connectivity index (χ2n) is 2.83. The number of rotatable bonds is 5. The summed E-state index contributed by atoms with van der Waals surface area (Å²) in [5, 5.41) is 1.72. The lowest BCUT2D eigenvalue weighted by molar-refractivity contribution is 0.469. The first kappa shape index (κ1) is 12.6. The first-order valence-corrected chi connectivity index (χ1v) is 7.03. The van der Waals surface area contributed by atoms with Crippen molar-refractivity contribution in [2.75, 3.05) is 13.1 Å². The minimum atomic E-state index is -3.42. The summed E-state index contributed by atoms with van der Waals surface area (Å²) in [7, 11) is -3.42. The van der Waals surface area contributed by atoms with Gasteiger partial charge in [-0.2, -0.15) is 4.31 Å². The van der Waals surface area contributed by atoms with E-state index in [1.165, 1.54) is 15.6 Å². The van der Waals surface area contributed by atoms with E-state index in [-0.39, 0.29) is 11.5 Å². The smallest absolute Gasteiger partial charge is 0.252 e. The molecule has 2 N–H and O–H groups in total. The van der Waals surface area contributed by atoms with Crippen LogP contribution in [0.2, 0.25) is 0 Å². The second-order valence-corrected chi connectivity index (χ2v) is 6.47. The summed E-state index contributed by atoms with van der Waals surface area (Å²) < 4.78 is 25.5. The monoisotopic (exact) mass is 264 g/mol. The van der Waals surface area contributed by atoms with Crippen molar-refractivity contribution in [3.05, 3.63) is 17.5 Å². The van der Waals surface area contributed by atoms with Gasteiger partial charge in [0.25, 0.3) is 10.0 Å². The quantitative estimate of drug-likeness (QED) is 0.807. The van der Waals surface area contributed by atoms with Crippen LogP contribution in [0.1, 0.15) is 6.92 Å². The summed E-state index contributed by atoms with van der Waals surface area (Å²) in [6, 6.07) is 3.27. The number of hydrogen-bond acceptors (Lipinski definition) is 4. The topological polar surface area (TPSA) is 63.4 Å². The molecule has 4 nitrogen and oxygen atoms in total. The van der Waals surface area contributed by atoms with E-state index < -0.39 is 10.0 Å². The highest BCUT2D eigenvalue weighted by Crippen LogP contribution is 2.20. The molecule has 0 aliphatic heterocycles. The Morgan fingerprint density at radius 3 is 2.73 bits per heavy atom. The molecule has 1 rings (SSSR count). The predicted octanol–water partition coefficient (Wildman–Crippen LogP) is 1.04. The Balaban J connectivity index is 2.98. The van der Waals surface area contributed by atoms with Crippen molar-refractivity contribution in [3.8, 4) is 0 Å². The molecule has 0 saturated carbocycles. The molecule has 0 saturated heterocycles. The molecule has 0 aliphatic carbocycles. The molecule has 0 atom stereocenters. The highest BCUT2D eigenvalue weighted by atomic mass is 32.2. The molecule has 1 aromatic rings. The van der Waals surface area contributed by atoms with Crippen LogP contribution in [0.3, 0.4) is 0 Å². The van der Waals surface area contributed by atoms with E-state index in [1.54, 1.807) is 24.4 Å². The van der Waals surface area contributed by atoms with Crippen molar-refractivity contribution in [1.29, 1.82) is 0 Å². The van der Waals surface area contributed by atoms with Crippen LogP contribution in [0, 0.1) is 0 Å². The molecular weight excluding hydrogens is 252 g/mol. The highest BCUT2D eigenvalue weighted by Gasteiger charge is 2.24. The van der Waals surface area contributed by atoms with Crippen molar-refractivity contribution < 1.29 is 8.42 Å². The summed E-state index contributed by atoms with van der Waals surface area (Å²) in [4.78, 5) is 0.178. The molecule has 0 amide bonds. The Labute approximate surface area is 98.8 Å². The Kier molecular flexibility index (Phi) is 4.21. The molecule has 15 heavy (non-hydrogen) atoms. The van der Waals surface area contributed by atoms with Crippen LogP contribution in [0.15, 0.2) is 21.7 Å². The fourth-order valence-electron chi connectivity index (χ4n) is 1.08. The van der Waals surface area contributed by atoms with Gasteiger partial charge in [0.2, 0.25) is 0 Å². The normalized spacial score (nSPS) is 11.9. The van der Waals surface area contributed by atoms with Gasteiger partial charge in [-0.3, -0.25) is 0 Å². The van der Waals surface area contributed by atoms with E-state index in [0.717, 1.165) is 0 Å². The van der Waals surface area contributed by atoms with Crippen molar-refractivity contribution >= 4 is 38.6 Å². The Hall–Kier alpha value is -0.500. The van der Waals surface area contributed by atoms with Crippen LogP contribution in [0.25, 0.3) is 0 Å². The molecule has 1 heterocycles. The number of nitrogens with two attached hydrogens (primary N) is 1. The van der Waals surface area contributed by atoms with Gasteiger partial charge in [-0.15, -0.1) is 11.3 Å². The first-order chi connectivity index (χ1) is 6.98. The van der Waals surface area contributed by atoms with Gasteiger partial charge < -0.3 is 5.73 Å². The molecule has 1 aromatic heterocycles. The SMILES string of the molecule is CCN(CC(N)=S)S(=O)(=O)c1cccs1. The van der Waals surface area contributed by atoms with E-state index in [0.29, 0.717) is 10.8 Å². The third-order valence-electron chi connectivity index (χ3n) is 1.77. The molecule has 84 valence electrons. The standard InChI is InChI=1S/C8H12N2O2S3/c1-2-10(6-7(9)13)15(11,12)8-4-3-5-14-8/h3-5H,2,6H2,1H3,(H2,9,13). The van der Waals surface area contributed by atoms with Crippen molar-refractivity contribution in [3.63, 3.8) is 0 Å². The Morgan fingerprint density at radius 1 is 1.67 bits per heavy atom. The van der Waals surface area contributed by atoms with Gasteiger partial charge in [-0.1, -0.05) is 25.2 Å². The number of thiophene rings is 1. The zero-order valence-corrected chi connectivity index (χ0v) is 10.7. The third-order valence-corrected chi connectivity index (χ3v) is 5.20. The van der Waals surface area contributed by atoms with Crippen molar-refractivity contribution in [1.82, 2.24) is 4.31 Å². The average Bonchev–Trinajstić information content (AvgIpc) is 2.66. The molecule has 7 heteroatoms. The average molecular weight is 264 g/mol. The Bertz CT molecular complexity index is 425. The van der Waals surface area contributed by atoms with Crippen LogP contribution in [0.5, 0.6) is 0 Å². The number of sulfonamides is 1. The maximum atomic E-state index is 12.0. The van der Waals surface area contributed by atoms with Gasteiger partial charge in [0.05, 0.1) is 11.5 Å². The Morgan fingerprint density at radius 2 is 2.33 bits per heavy atom. The number of hydrogen-bond donors (Lipinski definition) is 1. The summed E-state index contributed by atoms with van der Waals surface area (Å²) in [5.41, 5.74) is 5.35. The molecule has 0 radical (unpaired) electrons. The van der Waals surface area contributed by atoms with E-state index >= 15 is 0 Å². The summed E-state index contributed by atoms with van der Waals surface area (Å²) in [5.74, 6) is 0. The van der Waals surface area contributed by atoms with Crippen LogP contribution in [-0.4, -0.2) is 30.8 Å². The lowest BCUT2D eigenvalue weighted by Gasteiger charge is -2.18. The molecule has 0 unspecified atom stereocenters. The maximum Gasteiger partial charge on any atom is 0.252 e. The molecular formula is C8H12N2O2S3. The second kappa shape index (κ2) is 5.02. The van der Waals surface area contributed by atoms with Gasteiger partial charge in [0.1, 0.15) is 4.21 Å². The van der Waals surface area contributed by atoms with Crippen LogP contribution in [-0.2, 0) is 10.0 Å². The van der Waals surface area contributed by atoms with Crippen LogP contribution >= 0.6 is 23.6 Å². The van der Waals surface area contributed by atoms with E-state index in [1.807, 2.05) is 0 Å². The molecule has 0 aromatic carbocycles. The largest absolute Gasteiger partial charge is 0.392 e. The van der Waals surface area contributed by atoms with E-state index in [9.17, 15) is 8.42 Å². The highest BCUT2D eigenvalue weighted by molar-refractivity contribution is 7.91. The molecule has 0 spiro atoms. The summed E-state index contributed by atoms with van der Waals surface area (Å²) in [6.07, 6.45) is 0. The lowest BCUT2D eigenvalue weighted by atomic mass is 10.6. The molecule has 0 fully saturated rings. The fraction of sp³-hybridized carbons (Fsp3) is 0.375. The third kappa shape index (κ3) is 2.97. The maximum absolute atomic E-state index is 12.0. The van der Waals surface area contributed by atoms with Crippen LogP contribution < -0.4 is 5.73 Å². The minimum absolute atomic E-state index is 0.0894. The van der Waals surface area contributed by atoms with Gasteiger partial charge in [-0.25, -0.2) is 8.42 Å². The number of nitrogens with zero attached hydrogens (tertiary/aromatic N) is 1. The van der Waals surface area contributed by atoms with Crippen LogP contribution in [0.4, 0.5) is 0 Å².